The summed E-state index contributed by atoms with van der Waals surface area (Å²) in [6, 6.07) is 4.28. The number of allylic oxidation sites excluding steroid dienone is 1. The number of piperidine rings is 1. The zero-order valence-electron chi connectivity index (χ0n) is 14.4. The van der Waals surface area contributed by atoms with Crippen LogP contribution in [0.4, 0.5) is 0 Å². The smallest absolute Gasteiger partial charge is 0.260 e. The second-order valence-corrected chi connectivity index (χ2v) is 7.72. The van der Waals surface area contributed by atoms with Crippen molar-refractivity contribution in [3.8, 4) is 0 Å². The van der Waals surface area contributed by atoms with Crippen LogP contribution in [0.2, 0.25) is 0 Å². The first-order valence-corrected chi connectivity index (χ1v) is 9.65. The van der Waals surface area contributed by atoms with Crippen LogP contribution >= 0.6 is 11.8 Å². The normalized spacial score (nSPS) is 23.6. The van der Waals surface area contributed by atoms with E-state index in [1.807, 2.05) is 19.2 Å². The Morgan fingerprint density at radius 3 is 3.16 bits per heavy atom. The average molecular weight is 357 g/mol. The van der Waals surface area contributed by atoms with Gasteiger partial charge in [-0.25, -0.2) is 0 Å². The zero-order chi connectivity index (χ0) is 17.2. The molecular weight excluding hydrogens is 334 g/mol. The predicted molar refractivity (Wildman–Crippen MR) is 100.0 cm³/mol. The molecular formula is C18H23N5OS. The fraction of sp³-hybridized carbons (Fsp3) is 0.500. The van der Waals surface area contributed by atoms with Crippen LogP contribution in [0.15, 0.2) is 40.1 Å². The third-order valence-corrected chi connectivity index (χ3v) is 6.12. The lowest BCUT2D eigenvalue weighted by molar-refractivity contribution is -0.117. The Morgan fingerprint density at radius 1 is 1.44 bits per heavy atom. The van der Waals surface area contributed by atoms with Crippen molar-refractivity contribution in [1.82, 2.24) is 20.1 Å². The van der Waals surface area contributed by atoms with E-state index >= 15 is 0 Å². The highest BCUT2D eigenvalue weighted by atomic mass is 32.2. The Kier molecular flexibility index (Phi) is 4.76. The maximum absolute atomic E-state index is 12.7. The summed E-state index contributed by atoms with van der Waals surface area (Å²) in [5, 5.41) is 4.22. The molecule has 0 bridgehead atoms. The number of thioether (sulfide) groups is 1. The van der Waals surface area contributed by atoms with Crippen LogP contribution in [0.3, 0.4) is 0 Å². The largest absolute Gasteiger partial charge is 0.348 e. The van der Waals surface area contributed by atoms with Gasteiger partial charge in [0.25, 0.3) is 5.91 Å². The molecule has 0 spiro atoms. The van der Waals surface area contributed by atoms with Gasteiger partial charge >= 0.3 is 0 Å². The van der Waals surface area contributed by atoms with Gasteiger partial charge in [0.15, 0.2) is 5.17 Å². The molecule has 1 aromatic rings. The molecule has 7 heteroatoms. The summed E-state index contributed by atoms with van der Waals surface area (Å²) in [6.45, 7) is 6.60. The van der Waals surface area contributed by atoms with Gasteiger partial charge in [-0.1, -0.05) is 6.07 Å². The number of nitrogens with one attached hydrogen (secondary N) is 1. The Hall–Kier alpha value is -1.86. The van der Waals surface area contributed by atoms with E-state index in [4.69, 9.17) is 0 Å². The molecule has 1 amide bonds. The van der Waals surface area contributed by atoms with E-state index in [0.29, 0.717) is 0 Å². The number of amides is 1. The molecule has 1 atom stereocenters. The maximum Gasteiger partial charge on any atom is 0.260 e. The van der Waals surface area contributed by atoms with Gasteiger partial charge < -0.3 is 10.2 Å². The van der Waals surface area contributed by atoms with Gasteiger partial charge in [-0.3, -0.25) is 19.7 Å². The molecule has 1 aromatic heterocycles. The quantitative estimate of drug-likeness (QED) is 0.891. The molecule has 132 valence electrons. The number of carbonyl (C=O) groups is 1. The van der Waals surface area contributed by atoms with Crippen molar-refractivity contribution in [1.29, 1.82) is 0 Å². The summed E-state index contributed by atoms with van der Waals surface area (Å²) in [5.74, 6) is 0.0489. The van der Waals surface area contributed by atoms with Crippen LogP contribution in [0, 0.1) is 0 Å². The number of pyridine rings is 1. The van der Waals surface area contributed by atoms with Gasteiger partial charge in [0.2, 0.25) is 0 Å². The zero-order valence-corrected chi connectivity index (χ0v) is 15.3. The van der Waals surface area contributed by atoms with E-state index in [1.54, 1.807) is 6.20 Å². The van der Waals surface area contributed by atoms with Gasteiger partial charge in [-0.15, -0.1) is 0 Å². The van der Waals surface area contributed by atoms with Crippen LogP contribution in [-0.2, 0) is 11.3 Å². The summed E-state index contributed by atoms with van der Waals surface area (Å²) < 4.78 is 0. The molecule has 4 rings (SSSR count). The molecule has 3 aliphatic heterocycles. The van der Waals surface area contributed by atoms with Crippen molar-refractivity contribution in [2.45, 2.75) is 32.4 Å². The molecule has 4 heterocycles. The van der Waals surface area contributed by atoms with Crippen molar-refractivity contribution < 1.29 is 4.79 Å². The van der Waals surface area contributed by atoms with Crippen LogP contribution in [0.5, 0.6) is 0 Å². The van der Waals surface area contributed by atoms with Crippen molar-refractivity contribution in [3.63, 3.8) is 0 Å². The lowest BCUT2D eigenvalue weighted by atomic mass is 10.0. The van der Waals surface area contributed by atoms with E-state index in [2.05, 4.69) is 31.2 Å². The van der Waals surface area contributed by atoms with Gasteiger partial charge in [-0.2, -0.15) is 0 Å². The van der Waals surface area contributed by atoms with Gasteiger partial charge in [0.05, 0.1) is 11.4 Å². The lowest BCUT2D eigenvalue weighted by Crippen LogP contribution is -2.47. The summed E-state index contributed by atoms with van der Waals surface area (Å²) >= 11 is 1.51. The highest BCUT2D eigenvalue weighted by Crippen LogP contribution is 2.36. The van der Waals surface area contributed by atoms with E-state index < -0.39 is 0 Å². The molecule has 0 saturated carbocycles. The SMILES string of the molecule is CC1=C(C(=O)N[C@H]2CCCN(Cc3cccnc3)C2)SC2=NCCN21. The number of aromatic nitrogens is 1. The predicted octanol–water partition coefficient (Wildman–Crippen LogP) is 1.81. The minimum Gasteiger partial charge on any atom is -0.348 e. The Balaban J connectivity index is 1.35. The minimum absolute atomic E-state index is 0.0489. The molecule has 0 unspecified atom stereocenters. The van der Waals surface area contributed by atoms with Crippen molar-refractivity contribution in [2.75, 3.05) is 26.2 Å². The number of aliphatic imine (C=N–C) groups is 1. The highest BCUT2D eigenvalue weighted by Gasteiger charge is 2.34. The van der Waals surface area contributed by atoms with Crippen molar-refractivity contribution in [2.24, 2.45) is 4.99 Å². The number of fused-ring (bicyclic) bond motifs is 1. The second kappa shape index (κ2) is 7.17. The third kappa shape index (κ3) is 3.57. The van der Waals surface area contributed by atoms with Gasteiger partial charge in [-0.05, 0) is 49.7 Å². The molecule has 0 aromatic carbocycles. The number of hydrogen-bond acceptors (Lipinski definition) is 6. The fourth-order valence-corrected chi connectivity index (χ4v) is 4.73. The highest BCUT2D eigenvalue weighted by molar-refractivity contribution is 8.18. The number of carbonyl (C=O) groups excluding carboxylic acids is 1. The lowest BCUT2D eigenvalue weighted by Gasteiger charge is -2.33. The number of hydrogen-bond donors (Lipinski definition) is 1. The van der Waals surface area contributed by atoms with Gasteiger partial charge in [0.1, 0.15) is 0 Å². The molecule has 6 nitrogen and oxygen atoms in total. The topological polar surface area (TPSA) is 60.8 Å². The third-order valence-electron chi connectivity index (χ3n) is 4.90. The van der Waals surface area contributed by atoms with Gasteiger partial charge in [0, 0.05) is 43.8 Å². The number of nitrogens with zero attached hydrogens (tertiary/aromatic N) is 4. The van der Waals surface area contributed by atoms with Crippen LogP contribution in [0.25, 0.3) is 0 Å². The number of likely N-dealkylation sites (tertiary alicyclic amines) is 1. The maximum atomic E-state index is 12.7. The molecule has 3 aliphatic rings. The first kappa shape index (κ1) is 16.6. The molecule has 0 radical (unpaired) electrons. The monoisotopic (exact) mass is 357 g/mol. The second-order valence-electron chi connectivity index (χ2n) is 6.74. The summed E-state index contributed by atoms with van der Waals surface area (Å²) in [4.78, 5) is 26.7. The fourth-order valence-electron chi connectivity index (χ4n) is 3.64. The van der Waals surface area contributed by atoms with Crippen molar-refractivity contribution >= 4 is 22.8 Å². The van der Waals surface area contributed by atoms with E-state index in [-0.39, 0.29) is 11.9 Å². The Morgan fingerprint density at radius 2 is 2.36 bits per heavy atom. The molecule has 25 heavy (non-hydrogen) atoms. The molecule has 1 N–H and O–H groups in total. The van der Waals surface area contributed by atoms with Crippen LogP contribution < -0.4 is 5.32 Å². The molecule has 1 fully saturated rings. The minimum atomic E-state index is 0.0489. The molecule has 0 aliphatic carbocycles. The molecule has 1 saturated heterocycles. The van der Waals surface area contributed by atoms with E-state index in [1.165, 1.54) is 17.3 Å². The number of amidine groups is 1. The van der Waals surface area contributed by atoms with Crippen LogP contribution in [-0.4, -0.2) is 58.1 Å². The van der Waals surface area contributed by atoms with E-state index in [0.717, 1.165) is 61.3 Å². The standard InChI is InChI=1S/C18H23N5OS/c1-13-16(25-18-20-7-9-23(13)18)17(24)21-15-5-3-8-22(12-15)11-14-4-2-6-19-10-14/h2,4,6,10,15H,3,5,7-9,11-12H2,1H3,(H,21,24)/t15-/m0/s1. The summed E-state index contributed by atoms with van der Waals surface area (Å²) in [6.07, 6.45) is 5.86. The first-order chi connectivity index (χ1) is 12.2. The van der Waals surface area contributed by atoms with Crippen LogP contribution in [0.1, 0.15) is 25.3 Å². The first-order valence-electron chi connectivity index (χ1n) is 8.83. The Bertz CT molecular complexity index is 717. The summed E-state index contributed by atoms with van der Waals surface area (Å²) in [5.41, 5.74) is 2.26. The summed E-state index contributed by atoms with van der Waals surface area (Å²) in [7, 11) is 0. The van der Waals surface area contributed by atoms with E-state index in [9.17, 15) is 4.79 Å². The Labute approximate surface area is 152 Å². The van der Waals surface area contributed by atoms with Crippen molar-refractivity contribution in [3.05, 3.63) is 40.7 Å². The number of rotatable bonds is 4. The average Bonchev–Trinajstić information content (AvgIpc) is 3.19.